The van der Waals surface area contributed by atoms with E-state index in [2.05, 4.69) is 42.0 Å². The largest absolute Gasteiger partial charge is 0.492 e. The first-order chi connectivity index (χ1) is 33.3. The van der Waals surface area contributed by atoms with Gasteiger partial charge in [-0.2, -0.15) is 5.26 Å². The minimum Gasteiger partial charge on any atom is -0.492 e. The van der Waals surface area contributed by atoms with Crippen molar-refractivity contribution < 1.29 is 43.0 Å². The topological polar surface area (TPSA) is 322 Å². The number of fused-ring (bicyclic) bond motifs is 5. The Hall–Kier alpha value is -7.60. The number of aromatic nitrogens is 1. The molecule has 20 nitrogen and oxygen atoms in total. The van der Waals surface area contributed by atoms with E-state index in [-0.39, 0.29) is 80.2 Å². The van der Waals surface area contributed by atoms with E-state index >= 15 is 0 Å². The Balaban J connectivity index is 1.60. The summed E-state index contributed by atoms with van der Waals surface area (Å²) >= 11 is 0. The van der Waals surface area contributed by atoms with E-state index in [1.807, 2.05) is 30.3 Å². The summed E-state index contributed by atoms with van der Waals surface area (Å²) < 4.78 is 18.0. The molecule has 12 N–H and O–H groups in total. The van der Waals surface area contributed by atoms with E-state index in [4.69, 9.17) is 42.1 Å². The second-order valence-corrected chi connectivity index (χ2v) is 17.7. The van der Waals surface area contributed by atoms with Crippen molar-refractivity contribution in [3.8, 4) is 45.7 Å². The molecule has 1 unspecified atom stereocenters. The Morgan fingerprint density at radius 2 is 1.51 bits per heavy atom. The average molecular weight is 962 g/mol. The van der Waals surface area contributed by atoms with Crippen LogP contribution in [0.4, 0.5) is 0 Å². The molecule has 4 aromatic rings. The van der Waals surface area contributed by atoms with Gasteiger partial charge in [0.1, 0.15) is 66.7 Å². The maximum absolute atomic E-state index is 14.9. The third kappa shape index (κ3) is 13.3. The second kappa shape index (κ2) is 24.1. The van der Waals surface area contributed by atoms with Gasteiger partial charge < -0.3 is 63.3 Å². The number of amides is 6. The fraction of sp³-hybridized carbons (Fsp3) is 0.400. The summed E-state index contributed by atoms with van der Waals surface area (Å²) in [4.78, 5) is 88.9. The van der Waals surface area contributed by atoms with Gasteiger partial charge in [-0.15, -0.1) is 0 Å². The minimum absolute atomic E-state index is 0.0168. The van der Waals surface area contributed by atoms with Crippen molar-refractivity contribution in [3.05, 3.63) is 94.7 Å². The molecule has 1 aliphatic heterocycles. The van der Waals surface area contributed by atoms with Crippen molar-refractivity contribution in [3.63, 3.8) is 0 Å². The molecule has 0 aliphatic carbocycles. The molecule has 70 heavy (non-hydrogen) atoms. The molecule has 4 atom stereocenters. The van der Waals surface area contributed by atoms with Crippen molar-refractivity contribution in [2.24, 2.45) is 22.9 Å². The van der Waals surface area contributed by atoms with Gasteiger partial charge in [0.15, 0.2) is 6.61 Å². The lowest BCUT2D eigenvalue weighted by molar-refractivity contribution is -0.141. The smallest absolute Gasteiger partial charge is 0.257 e. The maximum atomic E-state index is 14.9. The number of ether oxygens (including phenoxy) is 3. The zero-order valence-electron chi connectivity index (χ0n) is 40.3. The molecule has 6 amide bonds. The summed E-state index contributed by atoms with van der Waals surface area (Å²) in [5, 5.41) is 19.8. The third-order valence-corrected chi connectivity index (χ3v) is 11.4. The van der Waals surface area contributed by atoms with E-state index in [0.29, 0.717) is 39.4 Å². The fourth-order valence-corrected chi connectivity index (χ4v) is 7.83. The van der Waals surface area contributed by atoms with Gasteiger partial charge in [-0.05, 0) is 73.2 Å². The number of pyridine rings is 1. The van der Waals surface area contributed by atoms with Gasteiger partial charge in [-0.3, -0.25) is 33.8 Å². The number of nitrogens with one attached hydrogen (secondary N) is 4. The van der Waals surface area contributed by atoms with Gasteiger partial charge >= 0.3 is 0 Å². The van der Waals surface area contributed by atoms with Gasteiger partial charge in [0.25, 0.3) is 11.8 Å². The Labute approximate surface area is 407 Å². The Bertz CT molecular complexity index is 2610. The molecule has 5 rings (SSSR count). The number of aryl methyl sites for hydroxylation is 1. The molecule has 1 aliphatic rings. The van der Waals surface area contributed by atoms with E-state index in [1.54, 1.807) is 43.3 Å². The molecule has 0 saturated carbocycles. The van der Waals surface area contributed by atoms with Crippen LogP contribution in [-0.2, 0) is 35.8 Å². The van der Waals surface area contributed by atoms with Crippen molar-refractivity contribution in [1.82, 2.24) is 31.2 Å². The van der Waals surface area contributed by atoms with E-state index in [0.717, 1.165) is 10.5 Å². The van der Waals surface area contributed by atoms with Gasteiger partial charge in [0.2, 0.25) is 23.6 Å². The number of nitrogens with two attached hydrogens (primary N) is 4. The molecule has 20 heteroatoms. The van der Waals surface area contributed by atoms with Crippen LogP contribution in [0.2, 0.25) is 0 Å². The fourth-order valence-electron chi connectivity index (χ4n) is 7.83. The van der Waals surface area contributed by atoms with Crippen LogP contribution in [0, 0.1) is 18.3 Å². The number of likely N-dealkylation sites (N-methyl/N-ethyl adjacent to an activating group) is 1. The number of hydrogen-bond donors (Lipinski definition) is 8. The summed E-state index contributed by atoms with van der Waals surface area (Å²) in [6, 6.07) is 15.8. The maximum Gasteiger partial charge on any atom is 0.257 e. The lowest BCUT2D eigenvalue weighted by Gasteiger charge is -2.32. The molecule has 0 radical (unpaired) electrons. The standard InChI is InChI=1S/C50H63N11O9/c1-28-43(41(70-27-42(55)62)26-37(57-28)31-8-11-33(12-9-31)50(3,4)5)47(65)59-36(15-16-51)49(67)61(6)44-32-10-14-40(69-22-19-54)35(25-32)34-23-30(7-13-39(34)68-21-18-53)24-38(46(64)56-20-17-52)60-45(63)29(2)58-48(44)66/h7-14,23,25-26,29,36,38,44H,15-16,18-22,24,27,51,53-54H2,1-6H3,(H2,55,62)(H,56,64)(H,58,66)(H,59,65)(H,60,63)/t29-,36?,38-,44-/m0/s1. The van der Waals surface area contributed by atoms with Crippen LogP contribution in [-0.4, -0.2) is 116 Å². The van der Waals surface area contributed by atoms with E-state index in [9.17, 15) is 34.0 Å². The van der Waals surface area contributed by atoms with Gasteiger partial charge in [-0.25, -0.2) is 0 Å². The minimum atomic E-state index is -1.47. The monoisotopic (exact) mass is 961 g/mol. The number of rotatable bonds is 18. The number of hydrogen-bond acceptors (Lipinski definition) is 14. The predicted octanol–water partition coefficient (Wildman–Crippen LogP) is 1.39. The molecule has 4 bridgehead atoms. The summed E-state index contributed by atoms with van der Waals surface area (Å²) in [6.45, 7) is 8.88. The molecule has 1 aromatic heterocycles. The number of benzene rings is 3. The van der Waals surface area contributed by atoms with Crippen LogP contribution < -0.4 is 58.4 Å². The lowest BCUT2D eigenvalue weighted by Crippen LogP contribution is -2.56. The Morgan fingerprint density at radius 1 is 0.871 bits per heavy atom. The predicted molar refractivity (Wildman–Crippen MR) is 261 cm³/mol. The number of carbonyl (C=O) groups excluding carboxylic acids is 6. The Morgan fingerprint density at radius 3 is 2.11 bits per heavy atom. The van der Waals surface area contributed by atoms with Crippen molar-refractivity contribution in [2.75, 3.05) is 53.0 Å². The number of nitrogens with zero attached hydrogens (tertiary/aromatic N) is 3. The van der Waals surface area contributed by atoms with E-state index in [1.165, 1.54) is 20.0 Å². The Kier molecular flexibility index (Phi) is 18.4. The highest BCUT2D eigenvalue weighted by atomic mass is 16.5. The number of primary amides is 1. The van der Waals surface area contributed by atoms with Gasteiger partial charge in [0, 0.05) is 49.3 Å². The molecule has 2 heterocycles. The normalized spacial score (nSPS) is 16.3. The highest BCUT2D eigenvalue weighted by Crippen LogP contribution is 2.40. The van der Waals surface area contributed by atoms with Gasteiger partial charge in [-0.1, -0.05) is 57.2 Å². The van der Waals surface area contributed by atoms with Crippen LogP contribution in [0.5, 0.6) is 17.2 Å². The van der Waals surface area contributed by atoms with Gasteiger partial charge in [0.05, 0.1) is 17.5 Å². The van der Waals surface area contributed by atoms with Crippen molar-refractivity contribution >= 4 is 35.4 Å². The lowest BCUT2D eigenvalue weighted by atomic mass is 9.86. The number of carbonyl (C=O) groups is 6. The molecule has 372 valence electrons. The molecular formula is C50H63N11O9. The van der Waals surface area contributed by atoms with Crippen LogP contribution in [0.3, 0.4) is 0 Å². The first kappa shape index (κ1) is 53.4. The molecule has 0 fully saturated rings. The summed E-state index contributed by atoms with van der Waals surface area (Å²) in [6.07, 6.45) is -0.115. The van der Waals surface area contributed by atoms with Crippen LogP contribution in [0.25, 0.3) is 22.4 Å². The molecular weight excluding hydrogens is 899 g/mol. The molecule has 0 saturated heterocycles. The highest BCUT2D eigenvalue weighted by Gasteiger charge is 2.37. The molecule has 3 aromatic carbocycles. The SMILES string of the molecule is Cc1nc(-c2ccc(C(C)(C)C)cc2)cc(OCC(N)=O)c1C(=O)NC(CCN)C(=O)N(C)[C@@H]1C(=O)N[C@@H](C)C(=O)N[C@H](C(=O)NCC#N)Cc2ccc(OCCN)c(c2)-c2cc1ccc2OCCN. The zero-order chi connectivity index (χ0) is 51.3. The summed E-state index contributed by atoms with van der Waals surface area (Å²) in [7, 11) is 1.37. The van der Waals surface area contributed by atoms with Crippen LogP contribution >= 0.6 is 0 Å². The molecule has 0 spiro atoms. The quantitative estimate of drug-likeness (QED) is 0.0654. The van der Waals surface area contributed by atoms with Crippen molar-refractivity contribution in [2.45, 2.75) is 77.0 Å². The van der Waals surface area contributed by atoms with Crippen LogP contribution in [0.1, 0.15) is 72.9 Å². The first-order valence-electron chi connectivity index (χ1n) is 22.8. The summed E-state index contributed by atoms with van der Waals surface area (Å²) in [5.74, 6) is -3.82. The van der Waals surface area contributed by atoms with E-state index < -0.39 is 66.2 Å². The first-order valence-corrected chi connectivity index (χ1v) is 22.8. The number of nitriles is 1. The zero-order valence-corrected chi connectivity index (χ0v) is 40.3. The average Bonchev–Trinajstić information content (AvgIpc) is 3.32. The third-order valence-electron chi connectivity index (χ3n) is 11.4. The van der Waals surface area contributed by atoms with Crippen LogP contribution in [0.15, 0.2) is 66.7 Å². The summed E-state index contributed by atoms with van der Waals surface area (Å²) in [5.41, 5.74) is 27.2. The highest BCUT2D eigenvalue weighted by molar-refractivity contribution is 6.02. The second-order valence-electron chi connectivity index (χ2n) is 17.7. The van der Waals surface area contributed by atoms with Crippen molar-refractivity contribution in [1.29, 1.82) is 5.26 Å².